The molecule has 0 spiro atoms. The molecule has 0 unspecified atom stereocenters. The van der Waals surface area contributed by atoms with Crippen molar-refractivity contribution in [2.45, 2.75) is 85.5 Å². The summed E-state index contributed by atoms with van der Waals surface area (Å²) in [4.78, 5) is 23.2. The van der Waals surface area contributed by atoms with Gasteiger partial charge in [-0.05, 0) is 103 Å². The van der Waals surface area contributed by atoms with E-state index in [-0.39, 0.29) is 5.92 Å². The Bertz CT molecular complexity index is 937. The van der Waals surface area contributed by atoms with E-state index in [0.717, 1.165) is 43.2 Å². The van der Waals surface area contributed by atoms with Crippen LogP contribution in [0.4, 0.5) is 0 Å². The van der Waals surface area contributed by atoms with Crippen LogP contribution in [0, 0.1) is 5.92 Å². The largest absolute Gasteiger partial charge is 0.478 e. The Morgan fingerprint density at radius 1 is 0.914 bits per heavy atom. The monoisotopic (exact) mass is 482 g/mol. The van der Waals surface area contributed by atoms with Crippen LogP contribution in [0.2, 0.25) is 0 Å². The smallest absolute Gasteiger partial charge is 0.331 e. The van der Waals surface area contributed by atoms with Crippen molar-refractivity contribution < 1.29 is 24.2 Å². The molecule has 192 valence electrons. The summed E-state index contributed by atoms with van der Waals surface area (Å²) in [6, 6.07) is 1.89. The first-order valence-corrected chi connectivity index (χ1v) is 12.4. The van der Waals surface area contributed by atoms with E-state index in [4.69, 9.17) is 4.42 Å². The number of carboxylic acids is 2. The van der Waals surface area contributed by atoms with Gasteiger partial charge in [0.1, 0.15) is 0 Å². The number of hydrogen-bond donors (Lipinski definition) is 2. The van der Waals surface area contributed by atoms with Gasteiger partial charge in [0.25, 0.3) is 0 Å². The van der Waals surface area contributed by atoms with Crippen LogP contribution in [0.1, 0.15) is 84.6 Å². The molecule has 0 radical (unpaired) electrons. The first-order chi connectivity index (χ1) is 16.6. The maximum atomic E-state index is 11.7. The maximum absolute atomic E-state index is 11.7. The summed E-state index contributed by atoms with van der Waals surface area (Å²) in [5.74, 6) is -1.51. The molecule has 1 atom stereocenters. The molecule has 0 aliphatic heterocycles. The van der Waals surface area contributed by atoms with E-state index >= 15 is 0 Å². The lowest BCUT2D eigenvalue weighted by Gasteiger charge is -2.16. The van der Waals surface area contributed by atoms with Crippen molar-refractivity contribution in [3.8, 4) is 0 Å². The minimum Gasteiger partial charge on any atom is -0.478 e. The molecule has 0 saturated carbocycles. The van der Waals surface area contributed by atoms with Crippen molar-refractivity contribution in [1.29, 1.82) is 0 Å². The third kappa shape index (κ3) is 13.4. The number of aliphatic carboxylic acids is 2. The third-order valence-corrected chi connectivity index (χ3v) is 6.06. The van der Waals surface area contributed by atoms with Crippen molar-refractivity contribution in [1.82, 2.24) is 0 Å². The Kier molecular flexibility index (Phi) is 14.1. The van der Waals surface area contributed by atoms with Crippen molar-refractivity contribution in [3.63, 3.8) is 0 Å². The second-order valence-electron chi connectivity index (χ2n) is 9.47. The van der Waals surface area contributed by atoms with Gasteiger partial charge < -0.3 is 14.6 Å². The summed E-state index contributed by atoms with van der Waals surface area (Å²) < 4.78 is 5.06. The first kappa shape index (κ1) is 30.0. The highest BCUT2D eigenvalue weighted by Gasteiger charge is 2.13. The topological polar surface area (TPSA) is 87.7 Å². The van der Waals surface area contributed by atoms with Gasteiger partial charge in [-0.15, -0.1) is 0 Å². The Hall–Kier alpha value is -3.08. The number of hydrogen-bond acceptors (Lipinski definition) is 3. The molecule has 1 rings (SSSR count). The van der Waals surface area contributed by atoms with Crippen molar-refractivity contribution in [3.05, 3.63) is 82.9 Å². The van der Waals surface area contributed by atoms with Crippen LogP contribution in [0.15, 0.2) is 81.8 Å². The van der Waals surface area contributed by atoms with Gasteiger partial charge in [-0.1, -0.05) is 47.6 Å². The predicted octanol–water partition coefficient (Wildman–Crippen LogP) is 8.07. The van der Waals surface area contributed by atoms with Gasteiger partial charge in [-0.3, -0.25) is 0 Å². The highest BCUT2D eigenvalue weighted by molar-refractivity contribution is 5.86. The molecule has 0 aromatic carbocycles. The lowest BCUT2D eigenvalue weighted by Crippen LogP contribution is -2.06. The molecular formula is C30H42O5. The number of furan rings is 1. The molecule has 0 fully saturated rings. The fourth-order valence-electron chi connectivity index (χ4n) is 3.77. The minimum atomic E-state index is -0.866. The highest BCUT2D eigenvalue weighted by Crippen LogP contribution is 2.24. The van der Waals surface area contributed by atoms with Crippen LogP contribution in [0.5, 0.6) is 0 Å². The molecule has 0 amide bonds. The molecule has 2 N–H and O–H groups in total. The Morgan fingerprint density at radius 3 is 2.11 bits per heavy atom. The summed E-state index contributed by atoms with van der Waals surface area (Å²) in [7, 11) is 0. The standard InChI is InChI=1S/C30H42O5/c1-22(2)9-6-12-27(29(31)32)13-7-10-24(5)15-16-26(23(3)4)17-18-28(30(33)34)14-8-11-25-19-20-35-21-25/h9,13-15,19-21,26H,3,6-8,10-12,16-18H2,1-2,4-5H3,(H,31,32)(H,33,34)/b24-15+,27-13-,28-14-/t26-/m0/s1. The van der Waals surface area contributed by atoms with E-state index in [0.29, 0.717) is 36.8 Å². The Labute approximate surface area is 210 Å². The molecule has 0 bridgehead atoms. The molecule has 0 aliphatic carbocycles. The van der Waals surface area contributed by atoms with Crippen LogP contribution in [0.3, 0.4) is 0 Å². The SMILES string of the molecule is C=C(C)[C@@H](C/C=C(\C)CC/C=C(/CCC=C(C)C)C(=O)O)CC/C(=C/CCc1ccoc1)C(=O)O. The van der Waals surface area contributed by atoms with Crippen molar-refractivity contribution >= 4 is 11.9 Å². The van der Waals surface area contributed by atoms with Crippen LogP contribution >= 0.6 is 0 Å². The van der Waals surface area contributed by atoms with Crippen molar-refractivity contribution in [2.24, 2.45) is 5.92 Å². The lowest BCUT2D eigenvalue weighted by molar-refractivity contribution is -0.133. The van der Waals surface area contributed by atoms with E-state index in [1.54, 1.807) is 12.5 Å². The second-order valence-corrected chi connectivity index (χ2v) is 9.47. The Morgan fingerprint density at radius 2 is 1.54 bits per heavy atom. The van der Waals surface area contributed by atoms with Gasteiger partial charge in [-0.2, -0.15) is 0 Å². The van der Waals surface area contributed by atoms with Crippen molar-refractivity contribution in [2.75, 3.05) is 0 Å². The molecule has 0 aliphatic rings. The zero-order valence-corrected chi connectivity index (χ0v) is 21.8. The zero-order valence-electron chi connectivity index (χ0n) is 21.8. The third-order valence-electron chi connectivity index (χ3n) is 6.06. The fourth-order valence-corrected chi connectivity index (χ4v) is 3.77. The van der Waals surface area contributed by atoms with E-state index in [1.165, 1.54) is 11.1 Å². The molecule has 5 heteroatoms. The van der Waals surface area contributed by atoms with E-state index in [1.807, 2.05) is 39.0 Å². The van der Waals surface area contributed by atoms with Gasteiger partial charge in [0.15, 0.2) is 0 Å². The summed E-state index contributed by atoms with van der Waals surface area (Å²) in [5, 5.41) is 19.0. The molecule has 0 saturated heterocycles. The second kappa shape index (κ2) is 16.5. The molecule has 1 aromatic rings. The van der Waals surface area contributed by atoms with Crippen LogP contribution in [0.25, 0.3) is 0 Å². The molecule has 1 heterocycles. The van der Waals surface area contributed by atoms with Crippen LogP contribution in [-0.2, 0) is 16.0 Å². The number of carbonyl (C=O) groups is 2. The first-order valence-electron chi connectivity index (χ1n) is 12.4. The average Bonchev–Trinajstić information content (AvgIpc) is 3.29. The number of allylic oxidation sites excluding steroid dienone is 7. The molecule has 1 aromatic heterocycles. The number of aryl methyl sites for hydroxylation is 1. The summed E-state index contributed by atoms with van der Waals surface area (Å²) in [6.45, 7) is 12.2. The van der Waals surface area contributed by atoms with E-state index in [9.17, 15) is 19.8 Å². The fraction of sp³-hybridized carbons (Fsp3) is 0.467. The van der Waals surface area contributed by atoms with Crippen LogP contribution < -0.4 is 0 Å². The molecular weight excluding hydrogens is 440 g/mol. The van der Waals surface area contributed by atoms with Gasteiger partial charge in [0, 0.05) is 11.1 Å². The lowest BCUT2D eigenvalue weighted by atomic mass is 9.89. The highest BCUT2D eigenvalue weighted by atomic mass is 16.4. The van der Waals surface area contributed by atoms with E-state index in [2.05, 4.69) is 25.7 Å². The predicted molar refractivity (Wildman–Crippen MR) is 142 cm³/mol. The van der Waals surface area contributed by atoms with E-state index < -0.39 is 11.9 Å². The minimum absolute atomic E-state index is 0.204. The summed E-state index contributed by atoms with van der Waals surface area (Å²) in [6.07, 6.45) is 17.4. The normalized spacial score (nSPS) is 13.4. The average molecular weight is 483 g/mol. The number of rotatable bonds is 17. The Balaban J connectivity index is 2.61. The maximum Gasteiger partial charge on any atom is 0.331 e. The van der Waals surface area contributed by atoms with Gasteiger partial charge in [-0.25, -0.2) is 9.59 Å². The van der Waals surface area contributed by atoms with Gasteiger partial charge >= 0.3 is 11.9 Å². The number of carboxylic acid groups (broad SMARTS) is 2. The quantitative estimate of drug-likeness (QED) is 0.173. The van der Waals surface area contributed by atoms with Gasteiger partial charge in [0.05, 0.1) is 12.5 Å². The zero-order chi connectivity index (χ0) is 26.2. The van der Waals surface area contributed by atoms with Gasteiger partial charge in [0.2, 0.25) is 0 Å². The van der Waals surface area contributed by atoms with Crippen LogP contribution in [-0.4, -0.2) is 22.2 Å². The molecule has 5 nitrogen and oxygen atoms in total. The summed E-state index contributed by atoms with van der Waals surface area (Å²) >= 11 is 0. The summed E-state index contributed by atoms with van der Waals surface area (Å²) in [5.41, 5.74) is 5.42. The molecule has 35 heavy (non-hydrogen) atoms.